The maximum atomic E-state index is 12.3. The van der Waals surface area contributed by atoms with E-state index in [1.54, 1.807) is 24.3 Å². The monoisotopic (exact) mass is 579 g/mol. The Hall–Kier alpha value is -4.95. The fourth-order valence-electron chi connectivity index (χ4n) is 3.41. The van der Waals surface area contributed by atoms with E-state index in [0.29, 0.717) is 24.1 Å². The lowest BCUT2D eigenvalue weighted by Gasteiger charge is -2.16. The van der Waals surface area contributed by atoms with E-state index < -0.39 is 42.1 Å². The molecule has 0 saturated carbocycles. The average molecular weight is 580 g/mol. The third kappa shape index (κ3) is 11.4. The molecule has 0 saturated heterocycles. The number of halogens is 3. The first-order valence-electron chi connectivity index (χ1n) is 12.1. The quantitative estimate of drug-likeness (QED) is 0.171. The Labute approximate surface area is 231 Å². The molecule has 7 N–H and O–H groups in total. The summed E-state index contributed by atoms with van der Waals surface area (Å²) in [6.45, 7) is -0.238. The molecule has 2 aromatic carbocycles. The summed E-state index contributed by atoms with van der Waals surface area (Å²) in [5, 5.41) is 33.0. The molecule has 2 aromatic rings. The highest BCUT2D eigenvalue weighted by Crippen LogP contribution is 2.19. The molecule has 0 bridgehead atoms. The van der Waals surface area contributed by atoms with Crippen LogP contribution in [-0.4, -0.2) is 70.4 Å². The zero-order valence-corrected chi connectivity index (χ0v) is 21.5. The maximum absolute atomic E-state index is 12.3. The van der Waals surface area contributed by atoms with Crippen LogP contribution in [-0.2, 0) is 30.4 Å². The van der Waals surface area contributed by atoms with Crippen LogP contribution >= 0.6 is 0 Å². The van der Waals surface area contributed by atoms with E-state index in [9.17, 15) is 32.7 Å². The molecule has 0 fully saturated rings. The third-order valence-electron chi connectivity index (χ3n) is 5.54. The van der Waals surface area contributed by atoms with E-state index in [1.807, 2.05) is 30.3 Å². The molecule has 1 unspecified atom stereocenters. The number of nitrogens with one attached hydrogen (secondary N) is 3. The van der Waals surface area contributed by atoms with Gasteiger partial charge in [0.25, 0.3) is 0 Å². The largest absolute Gasteiger partial charge is 0.490 e. The van der Waals surface area contributed by atoms with Crippen LogP contribution in [0.1, 0.15) is 36.0 Å². The van der Waals surface area contributed by atoms with Crippen LogP contribution in [0.3, 0.4) is 0 Å². The van der Waals surface area contributed by atoms with Gasteiger partial charge in [0.15, 0.2) is 0 Å². The van der Waals surface area contributed by atoms with Gasteiger partial charge in [-0.3, -0.25) is 15.0 Å². The molecule has 2 atom stereocenters. The number of carbonyl (C=O) groups excluding carboxylic acids is 2. The smallest absolute Gasteiger partial charge is 0.480 e. The molecule has 1 heterocycles. The lowest BCUT2D eigenvalue weighted by molar-refractivity contribution is -0.192. The first kappa shape index (κ1) is 32.3. The Bertz CT molecular complexity index is 1270. The molecule has 0 aromatic heterocycles. The summed E-state index contributed by atoms with van der Waals surface area (Å²) in [5.74, 6) is -4.83. The van der Waals surface area contributed by atoms with Crippen LogP contribution in [0, 0.1) is 5.41 Å². The van der Waals surface area contributed by atoms with Gasteiger partial charge in [-0.05, 0) is 17.5 Å². The molecule has 0 spiro atoms. The predicted octanol–water partition coefficient (Wildman–Crippen LogP) is 1.81. The van der Waals surface area contributed by atoms with Crippen molar-refractivity contribution in [1.29, 1.82) is 5.41 Å². The molecule has 15 heteroatoms. The zero-order chi connectivity index (χ0) is 30.6. The number of nitrogens with zero attached hydrogens (tertiary/aromatic N) is 1. The van der Waals surface area contributed by atoms with Crippen LogP contribution in [0.5, 0.6) is 0 Å². The van der Waals surface area contributed by atoms with Gasteiger partial charge in [0.05, 0.1) is 12.1 Å². The number of aliphatic carboxylic acids is 2. The molecular formula is C26H28F3N5O7. The van der Waals surface area contributed by atoms with E-state index >= 15 is 0 Å². The van der Waals surface area contributed by atoms with Gasteiger partial charge >= 0.3 is 18.1 Å². The Morgan fingerprint density at radius 3 is 2.20 bits per heavy atom. The molecule has 1 aliphatic heterocycles. The molecule has 1 aliphatic rings. The summed E-state index contributed by atoms with van der Waals surface area (Å²) in [6.07, 6.45) is -4.53. The second kappa shape index (κ2) is 15.0. The molecule has 220 valence electrons. The second-order valence-electron chi connectivity index (χ2n) is 8.72. The number of amidine groups is 1. The lowest BCUT2D eigenvalue weighted by atomic mass is 10.0. The minimum absolute atomic E-state index is 0.00712. The molecule has 41 heavy (non-hydrogen) atoms. The second-order valence-corrected chi connectivity index (χ2v) is 8.72. The molecule has 2 amide bonds. The number of rotatable bonds is 11. The Kier molecular flexibility index (Phi) is 11.8. The van der Waals surface area contributed by atoms with Gasteiger partial charge in [0, 0.05) is 24.9 Å². The van der Waals surface area contributed by atoms with Crippen LogP contribution in [0.15, 0.2) is 59.8 Å². The number of nitrogens with two attached hydrogens (primary N) is 1. The number of hydrogen-bond donors (Lipinski definition) is 6. The van der Waals surface area contributed by atoms with Gasteiger partial charge in [-0.2, -0.15) is 13.2 Å². The van der Waals surface area contributed by atoms with Crippen molar-refractivity contribution in [2.75, 3.05) is 6.54 Å². The number of carbonyl (C=O) groups is 4. The highest BCUT2D eigenvalue weighted by molar-refractivity contribution is 6.03. The highest BCUT2D eigenvalue weighted by atomic mass is 19.4. The number of alkyl halides is 3. The number of amides is 2. The van der Waals surface area contributed by atoms with Crippen LogP contribution in [0.4, 0.5) is 13.2 Å². The van der Waals surface area contributed by atoms with Crippen molar-refractivity contribution in [3.05, 3.63) is 71.3 Å². The number of nitrogen functional groups attached to an aromatic ring is 1. The number of hydrogen-bond acceptors (Lipinski definition) is 7. The minimum Gasteiger partial charge on any atom is -0.480 e. The topological polar surface area (TPSA) is 204 Å². The zero-order valence-electron chi connectivity index (χ0n) is 21.5. The lowest BCUT2D eigenvalue weighted by Crippen LogP contribution is -2.48. The summed E-state index contributed by atoms with van der Waals surface area (Å²) < 4.78 is 31.7. The van der Waals surface area contributed by atoms with Crippen molar-refractivity contribution in [2.24, 2.45) is 10.9 Å². The van der Waals surface area contributed by atoms with Gasteiger partial charge in [-0.15, -0.1) is 0 Å². The summed E-state index contributed by atoms with van der Waals surface area (Å²) in [6, 6.07) is 15.1. The van der Waals surface area contributed by atoms with E-state index in [-0.39, 0.29) is 25.2 Å². The van der Waals surface area contributed by atoms with Crippen molar-refractivity contribution in [2.45, 2.75) is 44.0 Å². The summed E-state index contributed by atoms with van der Waals surface area (Å²) in [4.78, 5) is 50.2. The summed E-state index contributed by atoms with van der Waals surface area (Å²) in [5.41, 5.74) is 8.50. The summed E-state index contributed by atoms with van der Waals surface area (Å²) >= 11 is 0. The van der Waals surface area contributed by atoms with E-state index in [0.717, 1.165) is 11.1 Å². The number of oxime groups is 1. The third-order valence-corrected chi connectivity index (χ3v) is 5.54. The average Bonchev–Trinajstić information content (AvgIpc) is 3.38. The molecule has 12 nitrogen and oxygen atoms in total. The molecule has 3 rings (SSSR count). The van der Waals surface area contributed by atoms with Gasteiger partial charge < -0.3 is 31.4 Å². The van der Waals surface area contributed by atoms with Gasteiger partial charge in [-0.25, -0.2) is 9.59 Å². The predicted molar refractivity (Wildman–Crippen MR) is 139 cm³/mol. The van der Waals surface area contributed by atoms with Gasteiger partial charge in [0.2, 0.25) is 11.8 Å². The SMILES string of the molecule is N=C(N)c1ccc(C2=NOC(CC(=O)NC[C@H](NC(=O)CCc3ccccc3)C(=O)O)C2)cc1.O=C(O)C(F)(F)F. The van der Waals surface area contributed by atoms with E-state index in [4.69, 9.17) is 25.9 Å². The fraction of sp³-hybridized carbons (Fsp3) is 0.308. The number of carboxylic acid groups (broad SMARTS) is 2. The molecule has 0 aliphatic carbocycles. The van der Waals surface area contributed by atoms with Crippen molar-refractivity contribution in [3.8, 4) is 0 Å². The highest BCUT2D eigenvalue weighted by Gasteiger charge is 2.38. The first-order valence-corrected chi connectivity index (χ1v) is 12.1. The fourth-order valence-corrected chi connectivity index (χ4v) is 3.41. The van der Waals surface area contributed by atoms with Crippen molar-refractivity contribution >= 4 is 35.3 Å². The number of aryl methyl sites for hydroxylation is 1. The Balaban J connectivity index is 0.000000745. The Morgan fingerprint density at radius 2 is 1.66 bits per heavy atom. The van der Waals surface area contributed by atoms with Gasteiger partial charge in [-0.1, -0.05) is 59.8 Å². The van der Waals surface area contributed by atoms with Crippen molar-refractivity contribution in [1.82, 2.24) is 10.6 Å². The molecule has 0 radical (unpaired) electrons. The van der Waals surface area contributed by atoms with Crippen molar-refractivity contribution < 1.29 is 47.4 Å². The van der Waals surface area contributed by atoms with Crippen LogP contribution in [0.2, 0.25) is 0 Å². The van der Waals surface area contributed by atoms with Crippen molar-refractivity contribution in [3.63, 3.8) is 0 Å². The van der Waals surface area contributed by atoms with Crippen LogP contribution in [0.25, 0.3) is 0 Å². The van der Waals surface area contributed by atoms with Crippen LogP contribution < -0.4 is 16.4 Å². The standard InChI is InChI=1S/C24H27N5O5.C2HF3O2/c25-23(26)17-9-7-16(8-10-17)19-12-18(34-29-19)13-22(31)27-14-20(24(32)33)28-21(30)11-6-15-4-2-1-3-5-15;3-2(4,5)1(6)7/h1-5,7-10,18,20H,6,11-14H2,(H3,25,26)(H,27,31)(H,28,30)(H,32,33);(H,6,7)/t18?,20-;/m0./s1. The first-order chi connectivity index (χ1) is 19.3. The van der Waals surface area contributed by atoms with E-state index in [2.05, 4.69) is 15.8 Å². The molecular weight excluding hydrogens is 551 g/mol. The van der Waals surface area contributed by atoms with Gasteiger partial charge in [0.1, 0.15) is 18.0 Å². The normalized spacial score (nSPS) is 14.8. The summed E-state index contributed by atoms with van der Waals surface area (Å²) in [7, 11) is 0. The Morgan fingerprint density at radius 1 is 1.05 bits per heavy atom. The minimum atomic E-state index is -5.08. The maximum Gasteiger partial charge on any atom is 0.490 e. The number of carboxylic acids is 2. The van der Waals surface area contributed by atoms with E-state index in [1.165, 1.54) is 0 Å². The number of benzene rings is 2.